The van der Waals surface area contributed by atoms with Crippen LogP contribution in [0.4, 0.5) is 0 Å². The van der Waals surface area contributed by atoms with E-state index in [2.05, 4.69) is 11.8 Å². The van der Waals surface area contributed by atoms with Crippen LogP contribution in [0.3, 0.4) is 0 Å². The van der Waals surface area contributed by atoms with Crippen LogP contribution in [0.1, 0.15) is 51.4 Å². The first kappa shape index (κ1) is 22.8. The van der Waals surface area contributed by atoms with E-state index in [1.165, 1.54) is 11.3 Å². The minimum Gasteiger partial charge on any atom is -0.477 e. The smallest absolute Gasteiger partial charge is 0.345 e. The third kappa shape index (κ3) is 6.09. The molecular formula is C24H27ClO4S. The van der Waals surface area contributed by atoms with Crippen molar-refractivity contribution < 1.29 is 20.1 Å². The maximum atomic E-state index is 11.0. The Kier molecular flexibility index (Phi) is 8.35. The molecule has 3 N–H and O–H groups in total. The van der Waals surface area contributed by atoms with E-state index in [1.54, 1.807) is 6.07 Å². The van der Waals surface area contributed by atoms with Crippen molar-refractivity contribution in [3.63, 3.8) is 0 Å². The number of thiophene rings is 1. The number of aliphatic hydroxyl groups excluding tert-OH is 2. The molecule has 2 aromatic rings. The minimum atomic E-state index is -0.887. The SMILES string of the molecule is O=C(O)c1ccc(CCCC2[C@H](Cl)C[C@@H](O)[C@@H]2C#Cc2cccc(CCCO)c2)s1. The van der Waals surface area contributed by atoms with E-state index < -0.39 is 12.1 Å². The lowest BCUT2D eigenvalue weighted by Crippen LogP contribution is -2.19. The molecule has 0 radical (unpaired) electrons. The predicted octanol–water partition coefficient (Wildman–Crippen LogP) is 4.35. The van der Waals surface area contributed by atoms with Crippen LogP contribution in [-0.2, 0) is 12.8 Å². The number of halogens is 1. The fraction of sp³-hybridized carbons (Fsp3) is 0.458. The van der Waals surface area contributed by atoms with E-state index in [0.717, 1.165) is 48.1 Å². The summed E-state index contributed by atoms with van der Waals surface area (Å²) in [4.78, 5) is 12.4. The number of hydrogen-bond acceptors (Lipinski definition) is 4. The Balaban J connectivity index is 1.62. The molecule has 1 fully saturated rings. The third-order valence-electron chi connectivity index (χ3n) is 5.57. The molecule has 3 rings (SSSR count). The van der Waals surface area contributed by atoms with Crippen LogP contribution in [0.5, 0.6) is 0 Å². The van der Waals surface area contributed by atoms with Crippen LogP contribution in [0.15, 0.2) is 36.4 Å². The van der Waals surface area contributed by atoms with Gasteiger partial charge in [0.25, 0.3) is 0 Å². The van der Waals surface area contributed by atoms with Gasteiger partial charge in [0.15, 0.2) is 0 Å². The molecule has 6 heteroatoms. The highest BCUT2D eigenvalue weighted by Crippen LogP contribution is 2.39. The van der Waals surface area contributed by atoms with Gasteiger partial charge in [0.2, 0.25) is 0 Å². The number of aliphatic hydroxyl groups is 2. The molecular weight excluding hydrogens is 420 g/mol. The normalized spacial score (nSPS) is 23.2. The van der Waals surface area contributed by atoms with Crippen molar-refractivity contribution in [2.45, 2.75) is 50.0 Å². The summed E-state index contributed by atoms with van der Waals surface area (Å²) in [5.74, 6) is 5.55. The summed E-state index contributed by atoms with van der Waals surface area (Å²) in [6.45, 7) is 0.173. The molecule has 1 saturated carbocycles. The number of carboxylic acids is 1. The Morgan fingerprint density at radius 1 is 1.20 bits per heavy atom. The van der Waals surface area contributed by atoms with E-state index in [1.807, 2.05) is 30.3 Å². The largest absolute Gasteiger partial charge is 0.477 e. The lowest BCUT2D eigenvalue weighted by molar-refractivity contribution is 0.0702. The monoisotopic (exact) mass is 446 g/mol. The van der Waals surface area contributed by atoms with Gasteiger partial charge in [-0.3, -0.25) is 0 Å². The number of rotatable bonds is 8. The zero-order chi connectivity index (χ0) is 21.5. The number of carboxylic acid groups (broad SMARTS) is 1. The van der Waals surface area contributed by atoms with Crippen molar-refractivity contribution in [3.8, 4) is 11.8 Å². The molecule has 0 saturated heterocycles. The highest BCUT2D eigenvalue weighted by molar-refractivity contribution is 7.13. The number of hydrogen-bond donors (Lipinski definition) is 3. The van der Waals surface area contributed by atoms with Crippen LogP contribution in [0, 0.1) is 23.7 Å². The zero-order valence-electron chi connectivity index (χ0n) is 16.8. The molecule has 4 nitrogen and oxygen atoms in total. The molecule has 30 heavy (non-hydrogen) atoms. The van der Waals surface area contributed by atoms with Gasteiger partial charge >= 0.3 is 5.97 Å². The molecule has 0 spiro atoms. The summed E-state index contributed by atoms with van der Waals surface area (Å²) in [6, 6.07) is 11.5. The second-order valence-electron chi connectivity index (χ2n) is 7.77. The Labute approximate surface area is 186 Å². The highest BCUT2D eigenvalue weighted by Gasteiger charge is 2.40. The van der Waals surface area contributed by atoms with Crippen LogP contribution in [-0.4, -0.2) is 39.4 Å². The van der Waals surface area contributed by atoms with Gasteiger partial charge in [-0.05, 0) is 74.3 Å². The van der Waals surface area contributed by atoms with Gasteiger partial charge in [0.05, 0.1) is 12.0 Å². The Morgan fingerprint density at radius 3 is 2.77 bits per heavy atom. The van der Waals surface area contributed by atoms with Gasteiger partial charge in [-0.2, -0.15) is 0 Å². The quantitative estimate of drug-likeness (QED) is 0.416. The van der Waals surface area contributed by atoms with Crippen molar-refractivity contribution in [1.82, 2.24) is 0 Å². The predicted molar refractivity (Wildman–Crippen MR) is 120 cm³/mol. The number of aromatic carboxylic acids is 1. The van der Waals surface area contributed by atoms with Crippen molar-refractivity contribution >= 4 is 28.9 Å². The minimum absolute atomic E-state index is 0.104. The lowest BCUT2D eigenvalue weighted by Gasteiger charge is -2.18. The average Bonchev–Trinajstić information content (AvgIpc) is 3.30. The summed E-state index contributed by atoms with van der Waals surface area (Å²) >= 11 is 7.85. The maximum Gasteiger partial charge on any atom is 0.345 e. The first-order valence-electron chi connectivity index (χ1n) is 10.3. The zero-order valence-corrected chi connectivity index (χ0v) is 18.3. The van der Waals surface area contributed by atoms with Crippen molar-refractivity contribution in [3.05, 3.63) is 57.3 Å². The van der Waals surface area contributed by atoms with Gasteiger partial charge in [0.1, 0.15) is 4.88 Å². The molecule has 0 bridgehead atoms. The number of alkyl halides is 1. The fourth-order valence-corrected chi connectivity index (χ4v) is 5.37. The summed E-state index contributed by atoms with van der Waals surface area (Å²) in [6.07, 6.45) is 4.10. The highest BCUT2D eigenvalue weighted by atomic mass is 35.5. The van der Waals surface area contributed by atoms with Crippen molar-refractivity contribution in [1.29, 1.82) is 0 Å². The topological polar surface area (TPSA) is 77.8 Å². The van der Waals surface area contributed by atoms with E-state index in [-0.39, 0.29) is 23.8 Å². The Morgan fingerprint density at radius 2 is 2.03 bits per heavy atom. The van der Waals surface area contributed by atoms with Gasteiger partial charge in [-0.15, -0.1) is 22.9 Å². The summed E-state index contributed by atoms with van der Waals surface area (Å²) in [5, 5.41) is 28.4. The van der Waals surface area contributed by atoms with Crippen LogP contribution >= 0.6 is 22.9 Å². The van der Waals surface area contributed by atoms with Gasteiger partial charge < -0.3 is 15.3 Å². The van der Waals surface area contributed by atoms with Gasteiger partial charge in [0, 0.05) is 22.4 Å². The van der Waals surface area contributed by atoms with Crippen molar-refractivity contribution in [2.75, 3.05) is 6.61 Å². The molecule has 160 valence electrons. The molecule has 0 aliphatic heterocycles. The van der Waals surface area contributed by atoms with Crippen molar-refractivity contribution in [2.24, 2.45) is 11.8 Å². The molecule has 1 aliphatic carbocycles. The molecule has 4 atom stereocenters. The number of benzene rings is 1. The van der Waals surface area contributed by atoms with Gasteiger partial charge in [-0.1, -0.05) is 24.0 Å². The summed E-state index contributed by atoms with van der Waals surface area (Å²) in [5.41, 5.74) is 2.06. The molecule has 1 aromatic carbocycles. The number of carbonyl (C=O) groups is 1. The van der Waals surface area contributed by atoms with E-state index in [9.17, 15) is 9.90 Å². The fourth-order valence-electron chi connectivity index (χ4n) is 4.02. The summed E-state index contributed by atoms with van der Waals surface area (Å²) in [7, 11) is 0. The van der Waals surface area contributed by atoms with Gasteiger partial charge in [-0.25, -0.2) is 4.79 Å². The second-order valence-corrected chi connectivity index (χ2v) is 9.50. The first-order chi connectivity index (χ1) is 14.5. The van der Waals surface area contributed by atoms with E-state index >= 15 is 0 Å². The average molecular weight is 447 g/mol. The molecule has 0 amide bonds. The first-order valence-corrected chi connectivity index (χ1v) is 11.6. The van der Waals surface area contributed by atoms with Crippen LogP contribution < -0.4 is 0 Å². The molecule has 1 unspecified atom stereocenters. The second kappa shape index (κ2) is 11.0. The van der Waals surface area contributed by atoms with E-state index in [0.29, 0.717) is 11.3 Å². The number of aryl methyl sites for hydroxylation is 2. The molecule has 1 aromatic heterocycles. The molecule has 1 heterocycles. The maximum absolute atomic E-state index is 11.0. The summed E-state index contributed by atoms with van der Waals surface area (Å²) < 4.78 is 0. The lowest BCUT2D eigenvalue weighted by atomic mass is 9.90. The molecule has 1 aliphatic rings. The van der Waals surface area contributed by atoms with Crippen LogP contribution in [0.2, 0.25) is 0 Å². The van der Waals surface area contributed by atoms with Crippen LogP contribution in [0.25, 0.3) is 0 Å². The standard InChI is InChI=1S/C24H27ClO4S/c25-21-15-22(27)20(11-9-17-5-1-4-16(14-17)6-3-13-26)19(21)8-2-7-18-10-12-23(30-18)24(28)29/h1,4-5,10,12,14,19-22,26-27H,2-3,6-8,13,15H2,(H,28,29)/t19?,20-,21-,22-/m1/s1. The Hall–Kier alpha value is -1.84. The van der Waals surface area contributed by atoms with E-state index in [4.69, 9.17) is 21.8 Å². The Bertz CT molecular complexity index is 913. The third-order valence-corrected chi connectivity index (χ3v) is 7.21.